The Labute approximate surface area is 128 Å². The minimum atomic E-state index is -0.388. The van der Waals surface area contributed by atoms with Crippen molar-refractivity contribution in [1.82, 2.24) is 0 Å². The number of hydrogen-bond acceptors (Lipinski definition) is 2. The molecule has 0 aliphatic carbocycles. The predicted octanol–water partition coefficient (Wildman–Crippen LogP) is 4.64. The molecule has 0 fully saturated rings. The SMILES string of the molecule is NCCc1cccc(F)c1Oc1ccc(Br)cc1Br. The molecule has 0 unspecified atom stereocenters. The number of para-hydroxylation sites is 1. The Kier molecular flexibility index (Phi) is 4.96. The van der Waals surface area contributed by atoms with Gasteiger partial charge in [-0.1, -0.05) is 28.1 Å². The van der Waals surface area contributed by atoms with E-state index >= 15 is 0 Å². The third-order valence-corrected chi connectivity index (χ3v) is 3.68. The molecule has 0 atom stereocenters. The van der Waals surface area contributed by atoms with E-state index in [1.54, 1.807) is 12.1 Å². The molecule has 19 heavy (non-hydrogen) atoms. The van der Waals surface area contributed by atoms with Gasteiger partial charge in [0, 0.05) is 4.47 Å². The van der Waals surface area contributed by atoms with Crippen molar-refractivity contribution >= 4 is 31.9 Å². The summed E-state index contributed by atoms with van der Waals surface area (Å²) in [6.07, 6.45) is 0.571. The molecule has 5 heteroatoms. The van der Waals surface area contributed by atoms with Crippen LogP contribution in [-0.4, -0.2) is 6.54 Å². The average Bonchev–Trinajstić information content (AvgIpc) is 2.36. The summed E-state index contributed by atoms with van der Waals surface area (Å²) in [5.74, 6) is 0.406. The highest BCUT2D eigenvalue weighted by Gasteiger charge is 2.12. The average molecular weight is 389 g/mol. The highest BCUT2D eigenvalue weighted by molar-refractivity contribution is 9.11. The first-order valence-electron chi connectivity index (χ1n) is 5.72. The van der Waals surface area contributed by atoms with Gasteiger partial charge < -0.3 is 10.5 Å². The Morgan fingerprint density at radius 3 is 2.63 bits per heavy atom. The molecule has 0 heterocycles. The van der Waals surface area contributed by atoms with Crippen LogP contribution in [0.5, 0.6) is 11.5 Å². The van der Waals surface area contributed by atoms with E-state index in [9.17, 15) is 4.39 Å². The summed E-state index contributed by atoms with van der Waals surface area (Å²) in [5.41, 5.74) is 6.29. The molecule has 0 bridgehead atoms. The molecule has 0 aromatic heterocycles. The summed E-state index contributed by atoms with van der Waals surface area (Å²) in [7, 11) is 0. The lowest BCUT2D eigenvalue weighted by atomic mass is 10.1. The van der Waals surface area contributed by atoms with Crippen LogP contribution < -0.4 is 10.5 Å². The van der Waals surface area contributed by atoms with Crippen molar-refractivity contribution in [2.24, 2.45) is 5.73 Å². The summed E-state index contributed by atoms with van der Waals surface area (Å²) < 4.78 is 21.2. The Morgan fingerprint density at radius 1 is 1.16 bits per heavy atom. The highest BCUT2D eigenvalue weighted by atomic mass is 79.9. The fourth-order valence-corrected chi connectivity index (χ4v) is 2.82. The van der Waals surface area contributed by atoms with Gasteiger partial charge in [0.25, 0.3) is 0 Å². The summed E-state index contributed by atoms with van der Waals surface area (Å²) >= 11 is 6.75. The van der Waals surface area contributed by atoms with Crippen LogP contribution in [0, 0.1) is 5.82 Å². The number of rotatable bonds is 4. The van der Waals surface area contributed by atoms with Crippen molar-refractivity contribution < 1.29 is 9.13 Å². The van der Waals surface area contributed by atoms with Gasteiger partial charge in [-0.25, -0.2) is 4.39 Å². The molecule has 0 amide bonds. The Morgan fingerprint density at radius 2 is 1.95 bits per heavy atom. The molecule has 2 aromatic carbocycles. The van der Waals surface area contributed by atoms with Gasteiger partial charge in [-0.05, 0) is 58.7 Å². The van der Waals surface area contributed by atoms with Gasteiger partial charge in [0.1, 0.15) is 5.75 Å². The van der Waals surface area contributed by atoms with Gasteiger partial charge in [0.15, 0.2) is 11.6 Å². The summed E-state index contributed by atoms with van der Waals surface area (Å²) in [4.78, 5) is 0. The van der Waals surface area contributed by atoms with E-state index in [1.807, 2.05) is 18.2 Å². The molecule has 2 N–H and O–H groups in total. The Hall–Kier alpha value is -0.910. The van der Waals surface area contributed by atoms with Gasteiger partial charge in [-0.3, -0.25) is 0 Å². The van der Waals surface area contributed by atoms with Crippen LogP contribution in [0.2, 0.25) is 0 Å². The van der Waals surface area contributed by atoms with E-state index in [1.165, 1.54) is 6.07 Å². The van der Waals surface area contributed by atoms with Crippen LogP contribution in [0.4, 0.5) is 4.39 Å². The van der Waals surface area contributed by atoms with Crippen molar-refractivity contribution in [1.29, 1.82) is 0 Å². The quantitative estimate of drug-likeness (QED) is 0.827. The largest absolute Gasteiger partial charge is 0.453 e. The highest BCUT2D eigenvalue weighted by Crippen LogP contribution is 2.34. The topological polar surface area (TPSA) is 35.2 Å². The smallest absolute Gasteiger partial charge is 0.166 e. The van der Waals surface area contributed by atoms with Crippen LogP contribution >= 0.6 is 31.9 Å². The second kappa shape index (κ2) is 6.50. The van der Waals surface area contributed by atoms with E-state index in [2.05, 4.69) is 31.9 Å². The molecule has 0 aliphatic heterocycles. The summed E-state index contributed by atoms with van der Waals surface area (Å²) in [5, 5.41) is 0. The minimum Gasteiger partial charge on any atom is -0.453 e. The maximum Gasteiger partial charge on any atom is 0.166 e. The number of hydrogen-bond donors (Lipinski definition) is 1. The maximum absolute atomic E-state index is 13.9. The molecule has 0 saturated heterocycles. The zero-order chi connectivity index (χ0) is 13.8. The lowest BCUT2D eigenvalue weighted by Crippen LogP contribution is -2.05. The summed E-state index contributed by atoms with van der Waals surface area (Å²) in [6.45, 7) is 0.446. The van der Waals surface area contributed by atoms with Crippen molar-refractivity contribution in [3.63, 3.8) is 0 Å². The van der Waals surface area contributed by atoms with Gasteiger partial charge >= 0.3 is 0 Å². The molecule has 100 valence electrons. The molecule has 0 spiro atoms. The van der Waals surface area contributed by atoms with Crippen LogP contribution in [0.1, 0.15) is 5.56 Å². The third kappa shape index (κ3) is 3.55. The van der Waals surface area contributed by atoms with Gasteiger partial charge in [-0.15, -0.1) is 0 Å². The molecular weight excluding hydrogens is 377 g/mol. The number of nitrogens with two attached hydrogens (primary N) is 1. The minimum absolute atomic E-state index is 0.232. The Bertz CT molecular complexity index is 590. The number of ether oxygens (including phenoxy) is 1. The second-order valence-electron chi connectivity index (χ2n) is 3.94. The lowest BCUT2D eigenvalue weighted by Gasteiger charge is -2.13. The van der Waals surface area contributed by atoms with Gasteiger partial charge in [0.05, 0.1) is 4.47 Å². The van der Waals surface area contributed by atoms with Crippen LogP contribution in [0.25, 0.3) is 0 Å². The lowest BCUT2D eigenvalue weighted by molar-refractivity contribution is 0.434. The monoisotopic (exact) mass is 387 g/mol. The molecule has 0 radical (unpaired) electrons. The first kappa shape index (κ1) is 14.5. The molecule has 2 nitrogen and oxygen atoms in total. The molecule has 0 saturated carbocycles. The fraction of sp³-hybridized carbons (Fsp3) is 0.143. The van der Waals surface area contributed by atoms with E-state index in [0.717, 1.165) is 14.5 Å². The molecular formula is C14H12Br2FNO. The summed E-state index contributed by atoms with van der Waals surface area (Å²) in [6, 6.07) is 10.3. The standard InChI is InChI=1S/C14H12Br2FNO/c15-10-4-5-13(11(16)8-10)19-14-9(6-7-18)2-1-3-12(14)17/h1-5,8H,6-7,18H2. The van der Waals surface area contributed by atoms with Crippen molar-refractivity contribution in [2.45, 2.75) is 6.42 Å². The third-order valence-electron chi connectivity index (χ3n) is 2.57. The second-order valence-corrected chi connectivity index (χ2v) is 5.71. The van der Waals surface area contributed by atoms with Crippen LogP contribution in [0.15, 0.2) is 45.3 Å². The van der Waals surface area contributed by atoms with Crippen molar-refractivity contribution in [3.8, 4) is 11.5 Å². The zero-order valence-corrected chi connectivity index (χ0v) is 13.2. The van der Waals surface area contributed by atoms with Crippen LogP contribution in [0.3, 0.4) is 0 Å². The van der Waals surface area contributed by atoms with Gasteiger partial charge in [-0.2, -0.15) is 0 Å². The zero-order valence-electron chi connectivity index (χ0n) is 10.00. The predicted molar refractivity (Wildman–Crippen MR) is 81.1 cm³/mol. The first-order valence-corrected chi connectivity index (χ1v) is 7.31. The van der Waals surface area contributed by atoms with E-state index < -0.39 is 0 Å². The number of benzene rings is 2. The molecule has 2 rings (SSSR count). The maximum atomic E-state index is 13.9. The van der Waals surface area contributed by atoms with E-state index in [-0.39, 0.29) is 11.6 Å². The van der Waals surface area contributed by atoms with Crippen molar-refractivity contribution in [2.75, 3.05) is 6.54 Å². The fourth-order valence-electron chi connectivity index (χ4n) is 1.69. The van der Waals surface area contributed by atoms with Crippen molar-refractivity contribution in [3.05, 3.63) is 56.7 Å². The molecule has 2 aromatic rings. The van der Waals surface area contributed by atoms with E-state index in [4.69, 9.17) is 10.5 Å². The van der Waals surface area contributed by atoms with E-state index in [0.29, 0.717) is 18.7 Å². The van der Waals surface area contributed by atoms with Crippen LogP contribution in [-0.2, 0) is 6.42 Å². The Balaban J connectivity index is 2.37. The first-order chi connectivity index (χ1) is 9.11. The van der Waals surface area contributed by atoms with Gasteiger partial charge in [0.2, 0.25) is 0 Å². The molecule has 0 aliphatic rings. The number of halogens is 3. The normalized spacial score (nSPS) is 10.5.